The number of aromatic nitrogens is 2. The first kappa shape index (κ1) is 20.1. The number of nitriles is 1. The van der Waals surface area contributed by atoms with E-state index in [1.54, 1.807) is 25.3 Å². The van der Waals surface area contributed by atoms with Gasteiger partial charge in [-0.2, -0.15) is 10.4 Å². The van der Waals surface area contributed by atoms with Crippen LogP contribution in [0.2, 0.25) is 0 Å². The van der Waals surface area contributed by atoms with Gasteiger partial charge in [-0.05, 0) is 64.8 Å². The minimum absolute atomic E-state index is 0.0250. The van der Waals surface area contributed by atoms with Crippen LogP contribution in [-0.4, -0.2) is 46.4 Å². The van der Waals surface area contributed by atoms with Gasteiger partial charge in [-0.25, -0.2) is 0 Å². The van der Waals surface area contributed by atoms with Gasteiger partial charge in [0.05, 0.1) is 28.5 Å². The SMILES string of the molecule is COC1(C)CCN(C(=O)c2ccc(C#N)cc2-c2ccn(C(C)(C)C)n2)CC1. The molecule has 0 bridgehead atoms. The molecule has 0 radical (unpaired) electrons. The molecule has 0 atom stereocenters. The molecule has 28 heavy (non-hydrogen) atoms. The van der Waals surface area contributed by atoms with Gasteiger partial charge in [0.2, 0.25) is 0 Å². The largest absolute Gasteiger partial charge is 0.378 e. The molecular formula is C22H28N4O2. The average Bonchev–Trinajstić information content (AvgIpc) is 3.18. The number of methoxy groups -OCH3 is 1. The van der Waals surface area contributed by atoms with E-state index in [-0.39, 0.29) is 17.0 Å². The molecule has 0 unspecified atom stereocenters. The van der Waals surface area contributed by atoms with Crippen molar-refractivity contribution in [2.75, 3.05) is 20.2 Å². The maximum absolute atomic E-state index is 13.3. The van der Waals surface area contributed by atoms with Gasteiger partial charge in [0.15, 0.2) is 0 Å². The number of nitrogens with zero attached hydrogens (tertiary/aromatic N) is 4. The summed E-state index contributed by atoms with van der Waals surface area (Å²) in [6.45, 7) is 9.60. The summed E-state index contributed by atoms with van der Waals surface area (Å²) in [6.07, 6.45) is 3.52. The Kier molecular flexibility index (Phi) is 5.31. The Labute approximate surface area is 166 Å². The zero-order valence-electron chi connectivity index (χ0n) is 17.3. The molecule has 1 aliphatic rings. The Bertz CT molecular complexity index is 909. The number of amides is 1. The third-order valence-corrected chi connectivity index (χ3v) is 5.53. The van der Waals surface area contributed by atoms with E-state index >= 15 is 0 Å². The third kappa shape index (κ3) is 3.95. The lowest BCUT2D eigenvalue weighted by Crippen LogP contribution is -2.46. The fraction of sp³-hybridized carbons (Fsp3) is 0.500. The Morgan fingerprint density at radius 1 is 1.25 bits per heavy atom. The molecule has 6 heteroatoms. The molecule has 1 saturated heterocycles. The fourth-order valence-electron chi connectivity index (χ4n) is 3.41. The molecule has 1 aliphatic heterocycles. The molecule has 1 amide bonds. The first-order valence-corrected chi connectivity index (χ1v) is 9.62. The standard InChI is InChI=1S/C22H28N4O2/c1-21(2,3)26-11-8-19(24-26)18-14-16(15-23)6-7-17(18)20(27)25-12-9-22(4,28-5)10-13-25/h6-8,11,14H,9-10,12-13H2,1-5H3. The Morgan fingerprint density at radius 2 is 1.93 bits per heavy atom. The quantitative estimate of drug-likeness (QED) is 0.812. The van der Waals surface area contributed by atoms with Crippen molar-refractivity contribution in [3.63, 3.8) is 0 Å². The van der Waals surface area contributed by atoms with Gasteiger partial charge in [0, 0.05) is 37.5 Å². The predicted molar refractivity (Wildman–Crippen MR) is 108 cm³/mol. The highest BCUT2D eigenvalue weighted by Crippen LogP contribution is 2.30. The van der Waals surface area contributed by atoms with Gasteiger partial charge in [0.25, 0.3) is 5.91 Å². The molecule has 0 spiro atoms. The van der Waals surface area contributed by atoms with Crippen LogP contribution in [0.3, 0.4) is 0 Å². The van der Waals surface area contributed by atoms with E-state index in [1.807, 2.05) is 21.8 Å². The number of hydrogen-bond donors (Lipinski definition) is 0. The van der Waals surface area contributed by atoms with E-state index in [0.29, 0.717) is 35.5 Å². The Balaban J connectivity index is 1.95. The second-order valence-electron chi connectivity index (χ2n) is 8.63. The van der Waals surface area contributed by atoms with Crippen LogP contribution in [0.5, 0.6) is 0 Å². The van der Waals surface area contributed by atoms with Crippen LogP contribution in [0, 0.1) is 11.3 Å². The highest BCUT2D eigenvalue weighted by molar-refractivity contribution is 6.00. The minimum Gasteiger partial charge on any atom is -0.378 e. The minimum atomic E-state index is -0.171. The first-order chi connectivity index (χ1) is 13.2. The molecular weight excluding hydrogens is 352 g/mol. The van der Waals surface area contributed by atoms with Crippen molar-refractivity contribution < 1.29 is 9.53 Å². The number of ether oxygens (including phenoxy) is 1. The summed E-state index contributed by atoms with van der Waals surface area (Å²) in [5, 5.41) is 14.0. The lowest BCUT2D eigenvalue weighted by Gasteiger charge is -2.38. The number of piperidine rings is 1. The summed E-state index contributed by atoms with van der Waals surface area (Å²) in [6, 6.07) is 9.26. The molecule has 1 aromatic heterocycles. The molecule has 1 aromatic carbocycles. The van der Waals surface area contributed by atoms with Crippen molar-refractivity contribution in [1.29, 1.82) is 5.26 Å². The summed E-state index contributed by atoms with van der Waals surface area (Å²) in [5.74, 6) is -0.0250. The summed E-state index contributed by atoms with van der Waals surface area (Å²) < 4.78 is 7.46. The maximum atomic E-state index is 13.3. The monoisotopic (exact) mass is 380 g/mol. The van der Waals surface area contributed by atoms with Gasteiger partial charge in [-0.15, -0.1) is 0 Å². The molecule has 6 nitrogen and oxygen atoms in total. The summed E-state index contributed by atoms with van der Waals surface area (Å²) >= 11 is 0. The summed E-state index contributed by atoms with van der Waals surface area (Å²) in [5.41, 5.74) is 2.17. The number of carbonyl (C=O) groups is 1. The van der Waals surface area contributed by atoms with Gasteiger partial charge in [-0.1, -0.05) is 0 Å². The summed E-state index contributed by atoms with van der Waals surface area (Å²) in [7, 11) is 1.72. The van der Waals surface area contributed by atoms with Gasteiger partial charge < -0.3 is 9.64 Å². The van der Waals surface area contributed by atoms with Crippen LogP contribution < -0.4 is 0 Å². The molecule has 2 aromatic rings. The molecule has 2 heterocycles. The molecule has 148 valence electrons. The third-order valence-electron chi connectivity index (χ3n) is 5.53. The van der Waals surface area contributed by atoms with Crippen molar-refractivity contribution in [3.8, 4) is 17.3 Å². The second kappa shape index (κ2) is 7.40. The second-order valence-corrected chi connectivity index (χ2v) is 8.63. The number of rotatable bonds is 3. The van der Waals surface area contributed by atoms with E-state index in [2.05, 4.69) is 38.9 Å². The number of hydrogen-bond acceptors (Lipinski definition) is 4. The van der Waals surface area contributed by atoms with Crippen molar-refractivity contribution in [2.24, 2.45) is 0 Å². The zero-order valence-corrected chi connectivity index (χ0v) is 17.3. The number of benzene rings is 1. The molecule has 1 fully saturated rings. The highest BCUT2D eigenvalue weighted by atomic mass is 16.5. The molecule has 3 rings (SSSR count). The first-order valence-electron chi connectivity index (χ1n) is 9.62. The van der Waals surface area contributed by atoms with Crippen molar-refractivity contribution >= 4 is 5.91 Å². The van der Waals surface area contributed by atoms with Crippen LogP contribution in [0.15, 0.2) is 30.5 Å². The van der Waals surface area contributed by atoms with Crippen LogP contribution in [-0.2, 0) is 10.3 Å². The van der Waals surface area contributed by atoms with Gasteiger partial charge in [0.1, 0.15) is 0 Å². The van der Waals surface area contributed by atoms with E-state index in [0.717, 1.165) is 12.8 Å². The van der Waals surface area contributed by atoms with Crippen LogP contribution in [0.1, 0.15) is 56.5 Å². The lowest BCUT2D eigenvalue weighted by atomic mass is 9.92. The van der Waals surface area contributed by atoms with E-state index in [1.165, 1.54) is 0 Å². The van der Waals surface area contributed by atoms with Crippen molar-refractivity contribution in [3.05, 3.63) is 41.6 Å². The van der Waals surface area contributed by atoms with E-state index < -0.39 is 0 Å². The van der Waals surface area contributed by atoms with Gasteiger partial charge in [-0.3, -0.25) is 9.48 Å². The fourth-order valence-corrected chi connectivity index (χ4v) is 3.41. The van der Waals surface area contributed by atoms with Crippen molar-refractivity contribution in [1.82, 2.24) is 14.7 Å². The summed E-state index contributed by atoms with van der Waals surface area (Å²) in [4.78, 5) is 15.1. The Hall–Kier alpha value is -2.65. The van der Waals surface area contributed by atoms with Crippen LogP contribution in [0.4, 0.5) is 0 Å². The maximum Gasteiger partial charge on any atom is 0.254 e. The lowest BCUT2D eigenvalue weighted by molar-refractivity contribution is -0.0379. The Morgan fingerprint density at radius 3 is 2.46 bits per heavy atom. The van der Waals surface area contributed by atoms with Crippen LogP contribution >= 0.6 is 0 Å². The molecule has 0 N–H and O–H groups in total. The normalized spacial score (nSPS) is 16.6. The molecule has 0 aliphatic carbocycles. The smallest absolute Gasteiger partial charge is 0.254 e. The van der Waals surface area contributed by atoms with Crippen LogP contribution in [0.25, 0.3) is 11.3 Å². The number of carbonyl (C=O) groups excluding carboxylic acids is 1. The van der Waals surface area contributed by atoms with Crippen molar-refractivity contribution in [2.45, 2.75) is 51.7 Å². The van der Waals surface area contributed by atoms with E-state index in [4.69, 9.17) is 4.74 Å². The number of likely N-dealkylation sites (tertiary alicyclic amines) is 1. The average molecular weight is 380 g/mol. The van der Waals surface area contributed by atoms with E-state index in [9.17, 15) is 10.1 Å². The van der Waals surface area contributed by atoms with Gasteiger partial charge >= 0.3 is 0 Å². The molecule has 0 saturated carbocycles. The topological polar surface area (TPSA) is 71.2 Å². The highest BCUT2D eigenvalue weighted by Gasteiger charge is 2.32. The zero-order chi connectivity index (χ0) is 20.5. The predicted octanol–water partition coefficient (Wildman–Crippen LogP) is 3.82.